The first-order valence-corrected chi connectivity index (χ1v) is 5.51. The fraction of sp³-hybridized carbons (Fsp3) is 0.538. The van der Waals surface area contributed by atoms with Gasteiger partial charge in [-0.1, -0.05) is 50.2 Å². The van der Waals surface area contributed by atoms with E-state index in [1.807, 2.05) is 0 Å². The third-order valence-corrected chi connectivity index (χ3v) is 2.62. The molecule has 0 fully saturated rings. The van der Waals surface area contributed by atoms with E-state index in [0.29, 0.717) is 18.4 Å². The SMILES string of the molecule is CC(CN=O)Cc1ccc(C(C)C)cc1. The van der Waals surface area contributed by atoms with Crippen LogP contribution in [-0.4, -0.2) is 6.54 Å². The lowest BCUT2D eigenvalue weighted by Gasteiger charge is -2.09. The Morgan fingerprint density at radius 2 is 1.73 bits per heavy atom. The molecule has 1 aromatic carbocycles. The number of hydrogen-bond donors (Lipinski definition) is 0. The standard InChI is InChI=1S/C13H19NO/c1-10(2)13-6-4-12(5-7-13)8-11(3)9-14-15/h4-7,10-11H,8-9H2,1-3H3. The van der Waals surface area contributed by atoms with Crippen LogP contribution in [0.15, 0.2) is 29.4 Å². The Morgan fingerprint density at radius 1 is 1.13 bits per heavy atom. The van der Waals surface area contributed by atoms with Crippen molar-refractivity contribution in [2.75, 3.05) is 6.54 Å². The van der Waals surface area contributed by atoms with Crippen molar-refractivity contribution >= 4 is 0 Å². The fourth-order valence-electron chi connectivity index (χ4n) is 1.63. The van der Waals surface area contributed by atoms with E-state index in [4.69, 9.17) is 0 Å². The number of hydrogen-bond acceptors (Lipinski definition) is 2. The van der Waals surface area contributed by atoms with Crippen LogP contribution >= 0.6 is 0 Å². The smallest absolute Gasteiger partial charge is 0.0839 e. The van der Waals surface area contributed by atoms with Crippen molar-refractivity contribution in [1.82, 2.24) is 0 Å². The van der Waals surface area contributed by atoms with Gasteiger partial charge in [0.05, 0.1) is 6.54 Å². The van der Waals surface area contributed by atoms with E-state index in [1.54, 1.807) is 0 Å². The van der Waals surface area contributed by atoms with E-state index in [9.17, 15) is 4.91 Å². The van der Waals surface area contributed by atoms with Crippen molar-refractivity contribution in [1.29, 1.82) is 0 Å². The summed E-state index contributed by atoms with van der Waals surface area (Å²) >= 11 is 0. The predicted molar refractivity (Wildman–Crippen MR) is 64.1 cm³/mol. The molecule has 0 bridgehead atoms. The van der Waals surface area contributed by atoms with E-state index in [-0.39, 0.29) is 0 Å². The molecule has 2 heteroatoms. The molecular weight excluding hydrogens is 186 g/mol. The van der Waals surface area contributed by atoms with Gasteiger partial charge in [0.1, 0.15) is 0 Å². The van der Waals surface area contributed by atoms with Crippen LogP contribution in [0.4, 0.5) is 0 Å². The predicted octanol–water partition coefficient (Wildman–Crippen LogP) is 3.76. The highest BCUT2D eigenvalue weighted by Gasteiger charge is 2.04. The Balaban J connectivity index is 2.60. The normalized spacial score (nSPS) is 12.8. The fourth-order valence-corrected chi connectivity index (χ4v) is 1.63. The summed E-state index contributed by atoms with van der Waals surface area (Å²) < 4.78 is 0. The van der Waals surface area contributed by atoms with Gasteiger partial charge < -0.3 is 0 Å². The summed E-state index contributed by atoms with van der Waals surface area (Å²) in [5, 5.41) is 2.93. The lowest BCUT2D eigenvalue weighted by Crippen LogP contribution is -2.03. The van der Waals surface area contributed by atoms with Gasteiger partial charge in [-0.15, -0.1) is 0 Å². The maximum Gasteiger partial charge on any atom is 0.0839 e. The molecule has 0 spiro atoms. The first-order chi connectivity index (χ1) is 7.13. The van der Waals surface area contributed by atoms with Crippen LogP contribution in [-0.2, 0) is 6.42 Å². The summed E-state index contributed by atoms with van der Waals surface area (Å²) in [5.41, 5.74) is 2.65. The monoisotopic (exact) mass is 205 g/mol. The molecule has 0 radical (unpaired) electrons. The minimum absolute atomic E-state index is 0.340. The van der Waals surface area contributed by atoms with Gasteiger partial charge in [0.2, 0.25) is 0 Å². The van der Waals surface area contributed by atoms with Crippen molar-refractivity contribution < 1.29 is 0 Å². The molecule has 0 N–H and O–H groups in total. The maximum atomic E-state index is 10.1. The zero-order valence-electron chi connectivity index (χ0n) is 9.73. The maximum absolute atomic E-state index is 10.1. The summed E-state index contributed by atoms with van der Waals surface area (Å²) in [6.45, 7) is 6.84. The molecule has 0 aliphatic heterocycles. The number of nitrogens with zero attached hydrogens (tertiary/aromatic N) is 1. The Bertz CT molecular complexity index is 303. The molecule has 82 valence electrons. The summed E-state index contributed by atoms with van der Waals surface area (Å²) in [6, 6.07) is 8.63. The minimum Gasteiger partial charge on any atom is -0.151 e. The van der Waals surface area contributed by atoms with Gasteiger partial charge in [0.25, 0.3) is 0 Å². The molecule has 2 nitrogen and oxygen atoms in total. The molecule has 0 aromatic heterocycles. The molecule has 0 saturated heterocycles. The first kappa shape index (κ1) is 11.9. The highest BCUT2D eigenvalue weighted by atomic mass is 16.3. The molecule has 0 amide bonds. The molecule has 0 saturated carbocycles. The van der Waals surface area contributed by atoms with Crippen molar-refractivity contribution in [2.45, 2.75) is 33.1 Å². The topological polar surface area (TPSA) is 29.4 Å². The zero-order chi connectivity index (χ0) is 11.3. The molecule has 1 atom stereocenters. The first-order valence-electron chi connectivity index (χ1n) is 5.51. The second-order valence-electron chi connectivity index (χ2n) is 4.52. The van der Waals surface area contributed by atoms with Crippen molar-refractivity contribution in [2.24, 2.45) is 11.1 Å². The van der Waals surface area contributed by atoms with Crippen molar-refractivity contribution in [3.8, 4) is 0 Å². The Kier molecular flexibility index (Phi) is 4.47. The van der Waals surface area contributed by atoms with Gasteiger partial charge >= 0.3 is 0 Å². The molecule has 0 aliphatic rings. The van der Waals surface area contributed by atoms with Crippen molar-refractivity contribution in [3.63, 3.8) is 0 Å². The van der Waals surface area contributed by atoms with Gasteiger partial charge in [-0.3, -0.25) is 0 Å². The minimum atomic E-state index is 0.340. The molecule has 1 rings (SSSR count). The Hall–Kier alpha value is -1.18. The second kappa shape index (κ2) is 5.64. The van der Waals surface area contributed by atoms with Crippen LogP contribution in [0.2, 0.25) is 0 Å². The Labute approximate surface area is 91.7 Å². The van der Waals surface area contributed by atoms with Crippen LogP contribution in [0, 0.1) is 10.8 Å². The van der Waals surface area contributed by atoms with E-state index >= 15 is 0 Å². The summed E-state index contributed by atoms with van der Waals surface area (Å²) in [5.74, 6) is 0.917. The van der Waals surface area contributed by atoms with Gasteiger partial charge in [0.15, 0.2) is 0 Å². The molecule has 15 heavy (non-hydrogen) atoms. The third-order valence-electron chi connectivity index (χ3n) is 2.62. The summed E-state index contributed by atoms with van der Waals surface area (Å²) in [7, 11) is 0. The van der Waals surface area contributed by atoms with Crippen LogP contribution in [0.5, 0.6) is 0 Å². The lowest BCUT2D eigenvalue weighted by molar-refractivity contribution is 0.592. The van der Waals surface area contributed by atoms with E-state index < -0.39 is 0 Å². The highest BCUT2D eigenvalue weighted by Crippen LogP contribution is 2.16. The number of benzene rings is 1. The van der Waals surface area contributed by atoms with E-state index in [0.717, 1.165) is 6.42 Å². The van der Waals surface area contributed by atoms with Gasteiger partial charge in [-0.2, -0.15) is 4.91 Å². The van der Waals surface area contributed by atoms with Crippen LogP contribution in [0.3, 0.4) is 0 Å². The largest absolute Gasteiger partial charge is 0.151 e. The lowest BCUT2D eigenvalue weighted by atomic mass is 9.97. The zero-order valence-corrected chi connectivity index (χ0v) is 9.73. The molecule has 1 aromatic rings. The van der Waals surface area contributed by atoms with Gasteiger partial charge in [-0.25, -0.2) is 0 Å². The quantitative estimate of drug-likeness (QED) is 0.673. The highest BCUT2D eigenvalue weighted by molar-refractivity contribution is 5.24. The van der Waals surface area contributed by atoms with Crippen LogP contribution in [0.25, 0.3) is 0 Å². The molecule has 1 unspecified atom stereocenters. The Morgan fingerprint density at radius 3 is 2.20 bits per heavy atom. The van der Waals surface area contributed by atoms with Crippen LogP contribution in [0.1, 0.15) is 37.8 Å². The average Bonchev–Trinajstić information content (AvgIpc) is 2.18. The molecule has 0 aliphatic carbocycles. The average molecular weight is 205 g/mol. The number of nitroso groups, excluding NO2 is 1. The van der Waals surface area contributed by atoms with E-state index in [1.165, 1.54) is 11.1 Å². The van der Waals surface area contributed by atoms with E-state index in [2.05, 4.69) is 50.2 Å². The summed E-state index contributed by atoms with van der Waals surface area (Å²) in [6.07, 6.45) is 0.935. The number of rotatable bonds is 5. The summed E-state index contributed by atoms with van der Waals surface area (Å²) in [4.78, 5) is 10.1. The van der Waals surface area contributed by atoms with Gasteiger partial charge in [0, 0.05) is 0 Å². The molecular formula is C13H19NO. The van der Waals surface area contributed by atoms with Crippen LogP contribution < -0.4 is 0 Å². The van der Waals surface area contributed by atoms with Gasteiger partial charge in [-0.05, 0) is 29.4 Å². The molecule has 0 heterocycles. The third kappa shape index (κ3) is 3.82. The van der Waals surface area contributed by atoms with Crippen molar-refractivity contribution in [3.05, 3.63) is 40.3 Å². The second-order valence-corrected chi connectivity index (χ2v) is 4.52.